The second-order valence-corrected chi connectivity index (χ2v) is 8.15. The summed E-state index contributed by atoms with van der Waals surface area (Å²) < 4.78 is 20.4. The molecule has 2 fully saturated rings. The molecule has 5 nitrogen and oxygen atoms in total. The van der Waals surface area contributed by atoms with E-state index in [1.807, 2.05) is 6.07 Å². The van der Waals surface area contributed by atoms with E-state index in [0.29, 0.717) is 5.56 Å². The molecule has 1 aliphatic carbocycles. The molecule has 1 aromatic carbocycles. The Morgan fingerprint density at radius 3 is 2.48 bits per heavy atom. The molecule has 6 heteroatoms. The fourth-order valence-corrected chi connectivity index (χ4v) is 5.11. The van der Waals surface area contributed by atoms with Crippen molar-refractivity contribution < 1.29 is 13.9 Å². The predicted molar refractivity (Wildman–Crippen MR) is 105 cm³/mol. The van der Waals surface area contributed by atoms with Crippen LogP contribution in [0.15, 0.2) is 12.1 Å². The molecule has 1 spiro atoms. The molecule has 4 rings (SSSR count). The van der Waals surface area contributed by atoms with E-state index in [1.165, 1.54) is 0 Å². The monoisotopic (exact) mass is 375 g/mol. The Bertz CT molecular complexity index is 710. The van der Waals surface area contributed by atoms with Gasteiger partial charge in [-0.2, -0.15) is 0 Å². The number of piperazine rings is 1. The minimum absolute atomic E-state index is 0.0811. The quantitative estimate of drug-likeness (QED) is 0.811. The van der Waals surface area contributed by atoms with E-state index in [9.17, 15) is 4.79 Å². The van der Waals surface area contributed by atoms with Gasteiger partial charge < -0.3 is 14.5 Å². The third-order valence-corrected chi connectivity index (χ3v) is 6.66. The number of carbonyl (C=O) groups excluding carboxylic acids is 1. The van der Waals surface area contributed by atoms with Gasteiger partial charge in [0.2, 0.25) is 5.91 Å². The highest BCUT2D eigenvalue weighted by Crippen LogP contribution is 2.51. The van der Waals surface area contributed by atoms with Crippen LogP contribution in [0.4, 0.5) is 15.8 Å². The van der Waals surface area contributed by atoms with E-state index >= 15 is 4.39 Å². The van der Waals surface area contributed by atoms with Crippen molar-refractivity contribution >= 4 is 17.3 Å². The molecule has 2 heterocycles. The third kappa shape index (κ3) is 3.13. The zero-order chi connectivity index (χ0) is 19.0. The lowest BCUT2D eigenvalue weighted by atomic mass is 9.70. The highest BCUT2D eigenvalue weighted by molar-refractivity contribution is 6.08. The molecular weight excluding hydrogens is 345 g/mol. The zero-order valence-corrected chi connectivity index (χ0v) is 16.5. The van der Waals surface area contributed by atoms with Crippen molar-refractivity contribution in [2.45, 2.75) is 37.5 Å². The van der Waals surface area contributed by atoms with Gasteiger partial charge in [0.25, 0.3) is 0 Å². The molecule has 27 heavy (non-hydrogen) atoms. The van der Waals surface area contributed by atoms with Crippen LogP contribution in [0.3, 0.4) is 0 Å². The van der Waals surface area contributed by atoms with Gasteiger partial charge in [-0.15, -0.1) is 0 Å². The SMILES string of the molecule is COCCN1CCN(c2cc(F)c3c(c2)N(C)C(=O)C32CCCCC2)CC1. The lowest BCUT2D eigenvalue weighted by molar-refractivity contribution is -0.124. The maximum absolute atomic E-state index is 15.3. The van der Waals surface area contributed by atoms with Crippen LogP contribution in [0.2, 0.25) is 0 Å². The van der Waals surface area contributed by atoms with E-state index in [0.717, 1.165) is 82.8 Å². The number of likely N-dealkylation sites (N-methyl/N-ethyl adjacent to an activating group) is 1. The summed E-state index contributed by atoms with van der Waals surface area (Å²) >= 11 is 0. The summed E-state index contributed by atoms with van der Waals surface area (Å²) in [5, 5.41) is 0. The Balaban J connectivity index is 1.58. The van der Waals surface area contributed by atoms with Gasteiger partial charge in [-0.25, -0.2) is 4.39 Å². The lowest BCUT2D eigenvalue weighted by Crippen LogP contribution is -2.47. The smallest absolute Gasteiger partial charge is 0.237 e. The van der Waals surface area contributed by atoms with E-state index in [2.05, 4.69) is 9.80 Å². The number of benzene rings is 1. The number of halogens is 1. The van der Waals surface area contributed by atoms with Crippen LogP contribution in [0.25, 0.3) is 0 Å². The Kier molecular flexibility index (Phi) is 5.12. The van der Waals surface area contributed by atoms with Crippen LogP contribution in [-0.2, 0) is 14.9 Å². The minimum Gasteiger partial charge on any atom is -0.383 e. The Labute approximate surface area is 161 Å². The zero-order valence-electron chi connectivity index (χ0n) is 16.5. The molecule has 2 aliphatic heterocycles. The molecule has 1 saturated heterocycles. The van der Waals surface area contributed by atoms with Crippen molar-refractivity contribution in [1.82, 2.24) is 4.90 Å². The van der Waals surface area contributed by atoms with Crippen molar-refractivity contribution in [3.05, 3.63) is 23.5 Å². The Morgan fingerprint density at radius 2 is 1.81 bits per heavy atom. The van der Waals surface area contributed by atoms with Gasteiger partial charge in [0.05, 0.1) is 17.7 Å². The highest BCUT2D eigenvalue weighted by atomic mass is 19.1. The number of hydrogen-bond acceptors (Lipinski definition) is 4. The van der Waals surface area contributed by atoms with Crippen molar-refractivity contribution in [1.29, 1.82) is 0 Å². The lowest BCUT2D eigenvalue weighted by Gasteiger charge is -2.36. The van der Waals surface area contributed by atoms with Crippen LogP contribution in [0.1, 0.15) is 37.7 Å². The maximum Gasteiger partial charge on any atom is 0.237 e. The normalized spacial score (nSPS) is 22.6. The average molecular weight is 375 g/mol. The number of anilines is 2. The standard InChI is InChI=1S/C21H30FN3O2/c1-23-18-15-16(25-10-8-24(9-11-25)12-13-27-2)14-17(22)19(18)21(20(23)26)6-4-3-5-7-21/h14-15H,3-13H2,1-2H3. The van der Waals surface area contributed by atoms with Gasteiger partial charge in [0, 0.05) is 58.1 Å². The molecule has 0 N–H and O–H groups in total. The molecule has 0 unspecified atom stereocenters. The molecule has 1 aromatic rings. The van der Waals surface area contributed by atoms with Gasteiger partial charge in [0.1, 0.15) is 5.82 Å². The van der Waals surface area contributed by atoms with Crippen molar-refractivity contribution in [2.24, 2.45) is 0 Å². The van der Waals surface area contributed by atoms with E-state index in [1.54, 1.807) is 25.1 Å². The fraction of sp³-hybridized carbons (Fsp3) is 0.667. The van der Waals surface area contributed by atoms with Crippen LogP contribution in [0.5, 0.6) is 0 Å². The average Bonchev–Trinajstić information content (AvgIpc) is 2.90. The summed E-state index contributed by atoms with van der Waals surface area (Å²) in [5.74, 6) is -0.124. The summed E-state index contributed by atoms with van der Waals surface area (Å²) in [6.45, 7) is 5.29. The summed E-state index contributed by atoms with van der Waals surface area (Å²) in [6, 6.07) is 3.69. The Hall–Kier alpha value is -1.66. The first kappa shape index (κ1) is 18.7. The van der Waals surface area contributed by atoms with Crippen LogP contribution >= 0.6 is 0 Å². The topological polar surface area (TPSA) is 36.0 Å². The molecule has 148 valence electrons. The Morgan fingerprint density at radius 1 is 1.11 bits per heavy atom. The van der Waals surface area contributed by atoms with Gasteiger partial charge in [-0.3, -0.25) is 9.69 Å². The molecule has 1 saturated carbocycles. The number of ether oxygens (including phenoxy) is 1. The molecule has 0 atom stereocenters. The molecule has 1 amide bonds. The largest absolute Gasteiger partial charge is 0.383 e. The van der Waals surface area contributed by atoms with E-state index in [-0.39, 0.29) is 11.7 Å². The summed E-state index contributed by atoms with van der Waals surface area (Å²) in [6.07, 6.45) is 4.70. The van der Waals surface area contributed by atoms with Gasteiger partial charge in [-0.05, 0) is 25.0 Å². The first-order valence-electron chi connectivity index (χ1n) is 10.2. The summed E-state index contributed by atoms with van der Waals surface area (Å²) in [5.41, 5.74) is 1.70. The number of amides is 1. The molecule has 0 radical (unpaired) electrons. The summed E-state index contributed by atoms with van der Waals surface area (Å²) in [7, 11) is 3.52. The number of carbonyl (C=O) groups is 1. The van der Waals surface area contributed by atoms with Gasteiger partial charge >= 0.3 is 0 Å². The second-order valence-electron chi connectivity index (χ2n) is 8.15. The van der Waals surface area contributed by atoms with Crippen molar-refractivity contribution in [3.63, 3.8) is 0 Å². The fourth-order valence-electron chi connectivity index (χ4n) is 5.11. The predicted octanol–water partition coefficient (Wildman–Crippen LogP) is 2.77. The third-order valence-electron chi connectivity index (χ3n) is 6.66. The molecule has 0 aromatic heterocycles. The first-order valence-corrected chi connectivity index (χ1v) is 10.2. The number of nitrogens with zero attached hydrogens (tertiary/aromatic N) is 3. The molecule has 3 aliphatic rings. The van der Waals surface area contributed by atoms with E-state index < -0.39 is 5.41 Å². The number of fused-ring (bicyclic) bond motifs is 2. The second kappa shape index (κ2) is 7.40. The van der Waals surface area contributed by atoms with E-state index in [4.69, 9.17) is 4.74 Å². The maximum atomic E-state index is 15.3. The van der Waals surface area contributed by atoms with Crippen LogP contribution < -0.4 is 9.80 Å². The summed E-state index contributed by atoms with van der Waals surface area (Å²) in [4.78, 5) is 19.4. The van der Waals surface area contributed by atoms with Crippen LogP contribution in [0, 0.1) is 5.82 Å². The molecule has 0 bridgehead atoms. The first-order chi connectivity index (χ1) is 13.1. The van der Waals surface area contributed by atoms with Crippen LogP contribution in [-0.4, -0.2) is 64.3 Å². The van der Waals surface area contributed by atoms with Gasteiger partial charge in [-0.1, -0.05) is 19.3 Å². The highest BCUT2D eigenvalue weighted by Gasteiger charge is 2.51. The molecular formula is C21H30FN3O2. The number of rotatable bonds is 4. The minimum atomic E-state index is -0.621. The van der Waals surface area contributed by atoms with Gasteiger partial charge in [0.15, 0.2) is 0 Å². The van der Waals surface area contributed by atoms with Crippen molar-refractivity contribution in [2.75, 3.05) is 63.3 Å². The number of hydrogen-bond donors (Lipinski definition) is 0. The number of methoxy groups -OCH3 is 1. The van der Waals surface area contributed by atoms with Crippen molar-refractivity contribution in [3.8, 4) is 0 Å².